The molecule has 10 heteroatoms. The van der Waals surface area contributed by atoms with Crippen molar-refractivity contribution in [3.63, 3.8) is 0 Å². The predicted molar refractivity (Wildman–Crippen MR) is 86.3 cm³/mol. The van der Waals surface area contributed by atoms with Gasteiger partial charge in [0.05, 0.1) is 11.1 Å². The molecular weight excluding hydrogens is 371 g/mol. The van der Waals surface area contributed by atoms with Crippen LogP contribution in [0.5, 0.6) is 0 Å². The lowest BCUT2D eigenvalue weighted by molar-refractivity contribution is -0.159. The summed E-state index contributed by atoms with van der Waals surface area (Å²) >= 11 is 5.91. The maximum Gasteiger partial charge on any atom is 0.471 e. The van der Waals surface area contributed by atoms with Gasteiger partial charge in [-0.2, -0.15) is 18.2 Å². The van der Waals surface area contributed by atoms with E-state index in [1.807, 2.05) is 24.3 Å². The lowest BCUT2D eigenvalue weighted by Crippen LogP contribution is -2.20. The topological polar surface area (TPSA) is 76.7 Å². The SMILES string of the molecule is FC(F)(F)c1nc(-c2cnc(NC3(c4ccc(Cl)cc4)CC3)nc2)no1. The van der Waals surface area contributed by atoms with E-state index in [-0.39, 0.29) is 16.9 Å². The first-order valence-electron chi connectivity index (χ1n) is 7.63. The number of rotatable bonds is 4. The van der Waals surface area contributed by atoms with Crippen LogP contribution in [0.25, 0.3) is 11.4 Å². The van der Waals surface area contributed by atoms with Crippen LogP contribution < -0.4 is 5.32 Å². The number of nitrogens with zero attached hydrogens (tertiary/aromatic N) is 4. The van der Waals surface area contributed by atoms with E-state index in [1.165, 1.54) is 12.4 Å². The van der Waals surface area contributed by atoms with Gasteiger partial charge in [-0.3, -0.25) is 0 Å². The molecule has 6 nitrogen and oxygen atoms in total. The summed E-state index contributed by atoms with van der Waals surface area (Å²) in [6.45, 7) is 0. The van der Waals surface area contributed by atoms with E-state index in [1.54, 1.807) is 0 Å². The van der Waals surface area contributed by atoms with Crippen LogP contribution in [0.2, 0.25) is 5.02 Å². The zero-order valence-corrected chi connectivity index (χ0v) is 13.8. The quantitative estimate of drug-likeness (QED) is 0.726. The Morgan fingerprint density at radius 3 is 2.27 bits per heavy atom. The van der Waals surface area contributed by atoms with Gasteiger partial charge in [0.15, 0.2) is 0 Å². The van der Waals surface area contributed by atoms with E-state index in [0.29, 0.717) is 11.0 Å². The molecule has 0 unspecified atom stereocenters. The molecule has 0 saturated heterocycles. The molecule has 3 aromatic rings. The van der Waals surface area contributed by atoms with Gasteiger partial charge in [-0.05, 0) is 30.5 Å². The number of anilines is 1. The second kappa shape index (κ2) is 5.94. The third-order valence-electron chi connectivity index (χ3n) is 4.08. The number of benzene rings is 1. The Hall–Kier alpha value is -2.68. The highest BCUT2D eigenvalue weighted by atomic mass is 35.5. The molecule has 4 rings (SSSR count). The smallest absolute Gasteiger partial charge is 0.345 e. The van der Waals surface area contributed by atoms with Gasteiger partial charge in [0, 0.05) is 17.4 Å². The van der Waals surface area contributed by atoms with Gasteiger partial charge in [-0.1, -0.05) is 28.9 Å². The van der Waals surface area contributed by atoms with Crippen LogP contribution in [0.1, 0.15) is 24.3 Å². The van der Waals surface area contributed by atoms with Crippen molar-refractivity contribution < 1.29 is 17.7 Å². The number of alkyl halides is 3. The first-order chi connectivity index (χ1) is 12.4. The van der Waals surface area contributed by atoms with Crippen molar-refractivity contribution in [1.82, 2.24) is 20.1 Å². The molecule has 1 aliphatic carbocycles. The van der Waals surface area contributed by atoms with Crippen LogP contribution in [-0.4, -0.2) is 20.1 Å². The van der Waals surface area contributed by atoms with Crippen LogP contribution >= 0.6 is 11.6 Å². The number of aromatic nitrogens is 4. The van der Waals surface area contributed by atoms with Gasteiger partial charge in [-0.25, -0.2) is 9.97 Å². The average Bonchev–Trinajstić information content (AvgIpc) is 3.19. The van der Waals surface area contributed by atoms with Crippen LogP contribution in [0, 0.1) is 0 Å². The third-order valence-corrected chi connectivity index (χ3v) is 4.33. The van der Waals surface area contributed by atoms with Crippen LogP contribution in [0.4, 0.5) is 19.1 Å². The molecule has 1 aromatic carbocycles. The summed E-state index contributed by atoms with van der Waals surface area (Å²) in [6.07, 6.45) is -0.167. The highest BCUT2D eigenvalue weighted by molar-refractivity contribution is 6.30. The lowest BCUT2D eigenvalue weighted by Gasteiger charge is -2.17. The highest BCUT2D eigenvalue weighted by Crippen LogP contribution is 2.48. The number of hydrogen-bond acceptors (Lipinski definition) is 6. The van der Waals surface area contributed by atoms with E-state index >= 15 is 0 Å². The van der Waals surface area contributed by atoms with Crippen molar-refractivity contribution in [3.8, 4) is 11.4 Å². The maximum absolute atomic E-state index is 12.5. The van der Waals surface area contributed by atoms with E-state index in [2.05, 4.69) is 29.9 Å². The van der Waals surface area contributed by atoms with Crippen molar-refractivity contribution in [2.24, 2.45) is 0 Å². The largest absolute Gasteiger partial charge is 0.471 e. The van der Waals surface area contributed by atoms with Crippen LogP contribution in [0.3, 0.4) is 0 Å². The summed E-state index contributed by atoms with van der Waals surface area (Å²) in [6, 6.07) is 7.51. The molecule has 1 saturated carbocycles. The van der Waals surface area contributed by atoms with Gasteiger partial charge in [0.2, 0.25) is 11.8 Å². The van der Waals surface area contributed by atoms with Crippen LogP contribution in [-0.2, 0) is 11.7 Å². The van der Waals surface area contributed by atoms with E-state index in [4.69, 9.17) is 11.6 Å². The van der Waals surface area contributed by atoms with Crippen LogP contribution in [0.15, 0.2) is 41.2 Å². The summed E-state index contributed by atoms with van der Waals surface area (Å²) in [7, 11) is 0. The summed E-state index contributed by atoms with van der Waals surface area (Å²) in [5.74, 6) is -1.27. The molecule has 134 valence electrons. The summed E-state index contributed by atoms with van der Waals surface area (Å²) in [4.78, 5) is 11.6. The Balaban J connectivity index is 1.51. The standard InChI is InChI=1S/C16H11ClF3N5O/c17-11-3-1-10(2-4-11)15(5-6-15)24-14-21-7-9(8-22-14)12-23-13(26-25-12)16(18,19)20/h1-4,7-8H,5-6H2,(H,21,22,24). The number of hydrogen-bond donors (Lipinski definition) is 1. The van der Waals surface area contributed by atoms with Crippen molar-refractivity contribution in [1.29, 1.82) is 0 Å². The van der Waals surface area contributed by atoms with Crippen molar-refractivity contribution in [2.45, 2.75) is 24.6 Å². The molecule has 0 amide bonds. The fraction of sp³-hybridized carbons (Fsp3) is 0.250. The van der Waals surface area contributed by atoms with Crippen molar-refractivity contribution in [2.75, 3.05) is 5.32 Å². The lowest BCUT2D eigenvalue weighted by atomic mass is 10.1. The molecule has 2 aromatic heterocycles. The fourth-order valence-electron chi connectivity index (χ4n) is 2.56. The highest BCUT2D eigenvalue weighted by Gasteiger charge is 2.45. The molecule has 1 aliphatic rings. The molecule has 0 radical (unpaired) electrons. The van der Waals surface area contributed by atoms with Crippen molar-refractivity contribution in [3.05, 3.63) is 53.1 Å². The molecule has 1 N–H and O–H groups in total. The zero-order chi connectivity index (χ0) is 18.4. The van der Waals surface area contributed by atoms with Gasteiger partial charge in [0.25, 0.3) is 0 Å². The van der Waals surface area contributed by atoms with E-state index in [9.17, 15) is 13.2 Å². The fourth-order valence-corrected chi connectivity index (χ4v) is 2.68. The second-order valence-corrected chi connectivity index (χ2v) is 6.37. The molecule has 0 aliphatic heterocycles. The zero-order valence-electron chi connectivity index (χ0n) is 13.1. The number of nitrogens with one attached hydrogen (secondary N) is 1. The van der Waals surface area contributed by atoms with Gasteiger partial charge < -0.3 is 9.84 Å². The van der Waals surface area contributed by atoms with Crippen molar-refractivity contribution >= 4 is 17.5 Å². The molecule has 0 bridgehead atoms. The molecule has 26 heavy (non-hydrogen) atoms. The predicted octanol–water partition coefficient (Wildman–Crippen LogP) is 4.30. The Morgan fingerprint density at radius 1 is 1.08 bits per heavy atom. The average molecular weight is 382 g/mol. The first kappa shape index (κ1) is 16.8. The number of halogens is 4. The minimum Gasteiger partial charge on any atom is -0.345 e. The molecule has 1 fully saturated rings. The third kappa shape index (κ3) is 3.22. The molecule has 0 spiro atoms. The monoisotopic (exact) mass is 381 g/mol. The van der Waals surface area contributed by atoms with E-state index < -0.39 is 12.1 Å². The van der Waals surface area contributed by atoms with Gasteiger partial charge in [-0.15, -0.1) is 0 Å². The first-order valence-corrected chi connectivity index (χ1v) is 8.01. The van der Waals surface area contributed by atoms with Gasteiger partial charge >= 0.3 is 12.1 Å². The minimum absolute atomic E-state index is 0.220. The Labute approximate surface area is 150 Å². The van der Waals surface area contributed by atoms with Gasteiger partial charge in [0.1, 0.15) is 0 Å². The summed E-state index contributed by atoms with van der Waals surface area (Å²) < 4.78 is 41.7. The molecular formula is C16H11ClF3N5O. The Morgan fingerprint density at radius 2 is 1.73 bits per heavy atom. The summed E-state index contributed by atoms with van der Waals surface area (Å²) in [5, 5.41) is 7.23. The molecule has 2 heterocycles. The minimum atomic E-state index is -4.69. The normalized spacial score (nSPS) is 15.7. The Bertz CT molecular complexity index is 920. The maximum atomic E-state index is 12.5. The molecule has 0 atom stereocenters. The van der Waals surface area contributed by atoms with E-state index in [0.717, 1.165) is 18.4 Å². The Kier molecular flexibility index (Phi) is 3.83. The summed E-state index contributed by atoms with van der Waals surface area (Å²) in [5.41, 5.74) is 1.05. The second-order valence-electron chi connectivity index (χ2n) is 5.93.